The molecule has 0 saturated heterocycles. The van der Waals surface area contributed by atoms with Crippen LogP contribution in [0.3, 0.4) is 0 Å². The summed E-state index contributed by atoms with van der Waals surface area (Å²) >= 11 is 0. The fourth-order valence-electron chi connectivity index (χ4n) is 2.71. The van der Waals surface area contributed by atoms with Crippen LogP contribution in [0, 0.1) is 17.5 Å². The highest BCUT2D eigenvalue weighted by molar-refractivity contribution is 6.60. The molecule has 0 aliphatic rings. The molecule has 0 spiro atoms. The summed E-state index contributed by atoms with van der Waals surface area (Å²) in [7, 11) is -2.68. The van der Waals surface area contributed by atoms with Gasteiger partial charge < -0.3 is 13.3 Å². The quantitative estimate of drug-likeness (QED) is 0.202. The van der Waals surface area contributed by atoms with Crippen LogP contribution in [0.4, 0.5) is 13.2 Å². The lowest BCUT2D eigenvalue weighted by Crippen LogP contribution is -2.46. The van der Waals surface area contributed by atoms with Crippen LogP contribution in [0.2, 0.25) is 6.04 Å². The van der Waals surface area contributed by atoms with Crippen molar-refractivity contribution in [3.63, 3.8) is 0 Å². The summed E-state index contributed by atoms with van der Waals surface area (Å²) in [6, 6.07) is 2.87. The van der Waals surface area contributed by atoms with E-state index in [9.17, 15) is 13.2 Å². The van der Waals surface area contributed by atoms with Crippen LogP contribution in [-0.4, -0.2) is 28.6 Å². The van der Waals surface area contributed by atoms with Crippen LogP contribution < -0.4 is 0 Å². The SMILES string of the molecule is CCCO[Si](CCCCCc1cc(F)c(F)c(F)c1)(OCCC)OCCC. The Morgan fingerprint density at radius 3 is 1.67 bits per heavy atom. The summed E-state index contributed by atoms with van der Waals surface area (Å²) in [4.78, 5) is 0. The van der Waals surface area contributed by atoms with Crippen molar-refractivity contribution in [3.05, 3.63) is 35.1 Å². The van der Waals surface area contributed by atoms with Gasteiger partial charge in [0.1, 0.15) is 0 Å². The minimum atomic E-state index is -2.68. The minimum absolute atomic E-state index is 0.474. The Labute approximate surface area is 162 Å². The zero-order valence-electron chi connectivity index (χ0n) is 16.8. The summed E-state index contributed by atoms with van der Waals surface area (Å²) in [6.45, 7) is 8.02. The molecule has 0 aliphatic carbocycles. The zero-order chi connectivity index (χ0) is 20.1. The highest BCUT2D eigenvalue weighted by atomic mass is 28.4. The normalized spacial score (nSPS) is 11.9. The zero-order valence-corrected chi connectivity index (χ0v) is 17.8. The number of rotatable bonds is 15. The van der Waals surface area contributed by atoms with Crippen molar-refractivity contribution in [3.8, 4) is 0 Å². The monoisotopic (exact) mass is 406 g/mol. The molecule has 0 aliphatic heterocycles. The molecular weight excluding hydrogens is 373 g/mol. The Morgan fingerprint density at radius 1 is 0.741 bits per heavy atom. The highest BCUT2D eigenvalue weighted by Gasteiger charge is 2.40. The van der Waals surface area contributed by atoms with E-state index in [1.165, 1.54) is 0 Å². The Bertz CT molecular complexity index is 498. The molecule has 0 radical (unpaired) electrons. The molecule has 1 rings (SSSR count). The average molecular weight is 407 g/mol. The topological polar surface area (TPSA) is 27.7 Å². The minimum Gasteiger partial charge on any atom is -0.373 e. The second-order valence-corrected chi connectivity index (χ2v) is 9.39. The molecular formula is C20H33F3O3Si. The average Bonchev–Trinajstić information content (AvgIpc) is 2.66. The first-order valence-corrected chi connectivity index (χ1v) is 12.0. The number of halogens is 3. The van der Waals surface area contributed by atoms with E-state index >= 15 is 0 Å². The molecule has 0 fully saturated rings. The molecule has 0 saturated carbocycles. The van der Waals surface area contributed by atoms with E-state index in [-0.39, 0.29) is 0 Å². The van der Waals surface area contributed by atoms with Gasteiger partial charge in [0.15, 0.2) is 17.5 Å². The summed E-state index contributed by atoms with van der Waals surface area (Å²) < 4.78 is 57.7. The molecule has 3 nitrogen and oxygen atoms in total. The van der Waals surface area contributed by atoms with Crippen LogP contribution in [-0.2, 0) is 19.7 Å². The second kappa shape index (κ2) is 13.3. The standard InChI is InChI=1S/C20H33F3O3Si/c1-4-11-24-27(25-12-5-2,26-13-6-3)14-9-7-8-10-17-15-18(21)20(23)19(22)16-17/h15-16H,4-14H2,1-3H3. The molecule has 7 heteroatoms. The van der Waals surface area contributed by atoms with Crippen LogP contribution in [0.1, 0.15) is 64.9 Å². The number of benzene rings is 1. The molecule has 0 amide bonds. The van der Waals surface area contributed by atoms with Crippen LogP contribution in [0.5, 0.6) is 0 Å². The summed E-state index contributed by atoms with van der Waals surface area (Å²) in [5.41, 5.74) is 0.474. The van der Waals surface area contributed by atoms with Gasteiger partial charge in [0.25, 0.3) is 0 Å². The maximum absolute atomic E-state index is 13.3. The number of hydrogen-bond acceptors (Lipinski definition) is 3. The van der Waals surface area contributed by atoms with Crippen molar-refractivity contribution in [1.82, 2.24) is 0 Å². The van der Waals surface area contributed by atoms with E-state index < -0.39 is 26.3 Å². The molecule has 1 aromatic rings. The van der Waals surface area contributed by atoms with E-state index in [1.807, 2.05) is 0 Å². The highest BCUT2D eigenvalue weighted by Crippen LogP contribution is 2.22. The number of aryl methyl sites for hydroxylation is 1. The molecule has 27 heavy (non-hydrogen) atoms. The fraction of sp³-hybridized carbons (Fsp3) is 0.700. The lowest BCUT2D eigenvalue weighted by Gasteiger charge is -2.29. The third kappa shape index (κ3) is 8.77. The molecule has 0 aromatic heterocycles. The summed E-state index contributed by atoms with van der Waals surface area (Å²) in [5, 5.41) is 0. The van der Waals surface area contributed by atoms with Gasteiger partial charge in [0.2, 0.25) is 0 Å². The van der Waals surface area contributed by atoms with Gasteiger partial charge in [-0.1, -0.05) is 27.2 Å². The Hall–Kier alpha value is -0.893. The lowest BCUT2D eigenvalue weighted by molar-refractivity contribution is 0.0586. The van der Waals surface area contributed by atoms with Crippen molar-refractivity contribution < 1.29 is 26.4 Å². The van der Waals surface area contributed by atoms with Crippen molar-refractivity contribution in [1.29, 1.82) is 0 Å². The van der Waals surface area contributed by atoms with Crippen molar-refractivity contribution in [2.24, 2.45) is 0 Å². The van der Waals surface area contributed by atoms with Crippen LogP contribution in [0.25, 0.3) is 0 Å². The van der Waals surface area contributed by atoms with Crippen LogP contribution in [0.15, 0.2) is 12.1 Å². The van der Waals surface area contributed by atoms with Gasteiger partial charge in [0.05, 0.1) is 0 Å². The lowest BCUT2D eigenvalue weighted by atomic mass is 10.1. The van der Waals surface area contributed by atoms with Gasteiger partial charge in [-0.3, -0.25) is 0 Å². The van der Waals surface area contributed by atoms with E-state index in [0.717, 1.165) is 56.7 Å². The number of unbranched alkanes of at least 4 members (excludes halogenated alkanes) is 2. The van der Waals surface area contributed by atoms with Gasteiger partial charge >= 0.3 is 8.80 Å². The predicted octanol–water partition coefficient (Wildman–Crippen LogP) is 6.04. The van der Waals surface area contributed by atoms with E-state index in [2.05, 4.69) is 20.8 Å². The van der Waals surface area contributed by atoms with Gasteiger partial charge in [-0.15, -0.1) is 0 Å². The van der Waals surface area contributed by atoms with Crippen molar-refractivity contribution in [2.45, 2.75) is 71.8 Å². The maximum atomic E-state index is 13.3. The number of hydrogen-bond donors (Lipinski definition) is 0. The van der Waals surface area contributed by atoms with Gasteiger partial charge in [-0.25, -0.2) is 13.2 Å². The molecule has 0 bridgehead atoms. The molecule has 0 unspecified atom stereocenters. The first-order valence-electron chi connectivity index (χ1n) is 10.0. The third-order valence-corrected chi connectivity index (χ3v) is 6.97. The Morgan fingerprint density at radius 2 is 1.22 bits per heavy atom. The molecule has 1 aromatic carbocycles. The smallest absolute Gasteiger partial charge is 0.373 e. The van der Waals surface area contributed by atoms with E-state index in [0.29, 0.717) is 31.8 Å². The predicted molar refractivity (Wildman–Crippen MR) is 103 cm³/mol. The van der Waals surface area contributed by atoms with E-state index in [1.54, 1.807) is 0 Å². The Balaban J connectivity index is 2.53. The van der Waals surface area contributed by atoms with Gasteiger partial charge in [-0.05, 0) is 56.2 Å². The first-order chi connectivity index (χ1) is 13.0. The van der Waals surface area contributed by atoms with Gasteiger partial charge in [-0.2, -0.15) is 0 Å². The van der Waals surface area contributed by atoms with Gasteiger partial charge in [0, 0.05) is 25.9 Å². The van der Waals surface area contributed by atoms with Crippen molar-refractivity contribution in [2.75, 3.05) is 19.8 Å². The summed E-state index contributed by atoms with van der Waals surface area (Å²) in [5.74, 6) is -3.68. The van der Waals surface area contributed by atoms with Crippen molar-refractivity contribution >= 4 is 8.80 Å². The molecule has 156 valence electrons. The first kappa shape index (κ1) is 24.1. The molecule has 0 heterocycles. The summed E-state index contributed by atoms with van der Waals surface area (Å²) in [6.07, 6.45) is 5.68. The maximum Gasteiger partial charge on any atom is 0.500 e. The fourth-order valence-corrected chi connectivity index (χ4v) is 5.63. The van der Waals surface area contributed by atoms with Crippen LogP contribution >= 0.6 is 0 Å². The van der Waals surface area contributed by atoms with E-state index in [4.69, 9.17) is 13.3 Å². The molecule has 0 atom stereocenters. The Kier molecular flexibility index (Phi) is 11.9. The largest absolute Gasteiger partial charge is 0.500 e. The third-order valence-electron chi connectivity index (χ3n) is 4.07. The molecule has 0 N–H and O–H groups in total. The second-order valence-electron chi connectivity index (χ2n) is 6.66.